The first-order chi connectivity index (χ1) is 19.5. The number of aromatic nitrogens is 2. The molecule has 1 aromatic heterocycles. The molecule has 0 bridgehead atoms. The van der Waals surface area contributed by atoms with Crippen molar-refractivity contribution in [2.75, 3.05) is 52.8 Å². The summed E-state index contributed by atoms with van der Waals surface area (Å²) in [5.41, 5.74) is 1.13. The number of Topliss-reactive ketones (excluding diaryl/α,β-unsaturated/α-hetero) is 1. The van der Waals surface area contributed by atoms with Gasteiger partial charge in [-0.2, -0.15) is 0 Å². The fourth-order valence-electron chi connectivity index (χ4n) is 3.57. The Morgan fingerprint density at radius 3 is 1.90 bits per heavy atom. The second-order valence-electron chi connectivity index (χ2n) is 11.0. The lowest BCUT2D eigenvalue weighted by molar-refractivity contribution is -0.135. The van der Waals surface area contributed by atoms with Gasteiger partial charge in [0.05, 0.1) is 69.9 Å². The normalized spacial score (nSPS) is 12.0. The molecule has 0 aliphatic rings. The number of hydrogen-bond acceptors (Lipinski definition) is 10. The van der Waals surface area contributed by atoms with Crippen LogP contribution in [0.25, 0.3) is 11.5 Å². The van der Waals surface area contributed by atoms with E-state index in [1.807, 2.05) is 65.8 Å². The highest BCUT2D eigenvalue weighted by molar-refractivity contribution is 5.87. The highest BCUT2D eigenvalue weighted by Crippen LogP contribution is 2.23. The van der Waals surface area contributed by atoms with Crippen LogP contribution < -0.4 is 5.32 Å². The van der Waals surface area contributed by atoms with Gasteiger partial charge in [-0.15, -0.1) is 10.2 Å². The molecular weight excluding hydrogens is 530 g/mol. The predicted molar refractivity (Wildman–Crippen MR) is 154 cm³/mol. The molecule has 0 saturated carbocycles. The zero-order chi connectivity index (χ0) is 30.3. The van der Waals surface area contributed by atoms with Crippen LogP contribution in [0.5, 0.6) is 0 Å². The number of amides is 1. The molecule has 41 heavy (non-hydrogen) atoms. The summed E-state index contributed by atoms with van der Waals surface area (Å²) in [5, 5.41) is 10.4. The maximum atomic E-state index is 12.3. The number of ether oxygens (including phenoxy) is 5. The summed E-state index contributed by atoms with van der Waals surface area (Å²) >= 11 is 0. The third-order valence-electron chi connectivity index (χ3n) is 5.79. The number of ketones is 1. The van der Waals surface area contributed by atoms with Crippen molar-refractivity contribution in [3.05, 3.63) is 35.7 Å². The third kappa shape index (κ3) is 14.2. The largest absolute Gasteiger partial charge is 0.421 e. The standard InChI is InChI=1S/C30H47N3O8/c1-21(2)38-18-30(19-39-22(3)4,20-40-23(5)6)17-37-13-12-36-16-28(35)31-15-27(34)14-25-8-10-26(11-9-25)29-33-32-24(7)41-29/h8-11,21-23H,12-20H2,1-7H3,(H,31,35). The number of aryl methyl sites for hydroxylation is 1. The van der Waals surface area contributed by atoms with Crippen molar-refractivity contribution in [3.63, 3.8) is 0 Å². The van der Waals surface area contributed by atoms with Crippen LogP contribution in [0.1, 0.15) is 53.0 Å². The number of nitrogens with zero attached hydrogens (tertiary/aromatic N) is 2. The number of carbonyl (C=O) groups excluding carboxylic acids is 2. The van der Waals surface area contributed by atoms with Gasteiger partial charge in [-0.3, -0.25) is 9.59 Å². The Kier molecular flexibility index (Phi) is 15.1. The first-order valence-electron chi connectivity index (χ1n) is 14.2. The van der Waals surface area contributed by atoms with E-state index in [0.717, 1.165) is 11.1 Å². The topological polar surface area (TPSA) is 131 Å². The number of hydrogen-bond donors (Lipinski definition) is 1. The van der Waals surface area contributed by atoms with Crippen molar-refractivity contribution in [1.29, 1.82) is 0 Å². The molecule has 11 nitrogen and oxygen atoms in total. The van der Waals surface area contributed by atoms with Crippen LogP contribution in [0, 0.1) is 12.3 Å². The summed E-state index contributed by atoms with van der Waals surface area (Å²) in [6.07, 6.45) is 0.387. The Labute approximate surface area is 243 Å². The zero-order valence-corrected chi connectivity index (χ0v) is 25.6. The Balaban J connectivity index is 1.69. The minimum Gasteiger partial charge on any atom is -0.421 e. The smallest absolute Gasteiger partial charge is 0.247 e. The van der Waals surface area contributed by atoms with Crippen molar-refractivity contribution < 1.29 is 37.7 Å². The quantitative estimate of drug-likeness (QED) is 0.220. The lowest BCUT2D eigenvalue weighted by Gasteiger charge is -2.35. The Morgan fingerprint density at radius 1 is 0.829 bits per heavy atom. The van der Waals surface area contributed by atoms with Crippen LogP contribution in [0.4, 0.5) is 0 Å². The molecule has 0 aliphatic heterocycles. The van der Waals surface area contributed by atoms with E-state index < -0.39 is 5.41 Å². The molecule has 1 N–H and O–H groups in total. The molecule has 0 saturated heterocycles. The summed E-state index contributed by atoms with van der Waals surface area (Å²) in [6, 6.07) is 7.29. The van der Waals surface area contributed by atoms with E-state index in [2.05, 4.69) is 15.5 Å². The minimum absolute atomic E-state index is 0.0637. The molecule has 0 spiro atoms. The second kappa shape index (κ2) is 18.0. The molecular formula is C30H47N3O8. The van der Waals surface area contributed by atoms with Crippen molar-refractivity contribution in [1.82, 2.24) is 15.5 Å². The molecule has 11 heteroatoms. The summed E-state index contributed by atoms with van der Waals surface area (Å²) in [7, 11) is 0. The Hall–Kier alpha value is -2.70. The highest BCUT2D eigenvalue weighted by Gasteiger charge is 2.33. The van der Waals surface area contributed by atoms with Gasteiger partial charge in [-0.1, -0.05) is 12.1 Å². The van der Waals surface area contributed by atoms with E-state index in [-0.39, 0.29) is 62.8 Å². The molecule has 230 valence electrons. The minimum atomic E-state index is -0.469. The highest BCUT2D eigenvalue weighted by atomic mass is 16.5. The van der Waals surface area contributed by atoms with Crippen LogP contribution in [0.15, 0.2) is 28.7 Å². The van der Waals surface area contributed by atoms with Crippen LogP contribution in [0.2, 0.25) is 0 Å². The van der Waals surface area contributed by atoms with Gasteiger partial charge >= 0.3 is 0 Å². The van der Waals surface area contributed by atoms with Crippen LogP contribution in [0.3, 0.4) is 0 Å². The third-order valence-corrected chi connectivity index (χ3v) is 5.79. The van der Waals surface area contributed by atoms with E-state index in [9.17, 15) is 9.59 Å². The number of nitrogens with one attached hydrogen (secondary N) is 1. The maximum absolute atomic E-state index is 12.3. The Morgan fingerprint density at radius 2 is 1.39 bits per heavy atom. The van der Waals surface area contributed by atoms with E-state index in [4.69, 9.17) is 28.1 Å². The number of carbonyl (C=O) groups is 2. The molecule has 0 unspecified atom stereocenters. The monoisotopic (exact) mass is 577 g/mol. The average Bonchev–Trinajstić information content (AvgIpc) is 3.36. The lowest BCUT2D eigenvalue weighted by Crippen LogP contribution is -2.43. The van der Waals surface area contributed by atoms with E-state index >= 15 is 0 Å². The summed E-state index contributed by atoms with van der Waals surface area (Å²) in [6.45, 7) is 15.6. The van der Waals surface area contributed by atoms with Gasteiger partial charge in [0.25, 0.3) is 0 Å². The van der Waals surface area contributed by atoms with E-state index in [1.165, 1.54) is 0 Å². The van der Waals surface area contributed by atoms with Crippen LogP contribution in [-0.2, 0) is 39.7 Å². The van der Waals surface area contributed by atoms with Crippen molar-refractivity contribution in [3.8, 4) is 11.5 Å². The fraction of sp³-hybridized carbons (Fsp3) is 0.667. The van der Waals surface area contributed by atoms with Gasteiger partial charge < -0.3 is 33.4 Å². The molecule has 2 aromatic rings. The summed E-state index contributed by atoms with van der Waals surface area (Å²) in [4.78, 5) is 24.5. The number of benzene rings is 1. The molecule has 0 radical (unpaired) electrons. The van der Waals surface area contributed by atoms with Gasteiger partial charge in [0.15, 0.2) is 5.78 Å². The first-order valence-corrected chi connectivity index (χ1v) is 14.2. The van der Waals surface area contributed by atoms with Crippen LogP contribution in [-0.4, -0.2) is 93.0 Å². The maximum Gasteiger partial charge on any atom is 0.247 e. The van der Waals surface area contributed by atoms with Gasteiger partial charge in [-0.05, 0) is 59.2 Å². The fourth-order valence-corrected chi connectivity index (χ4v) is 3.57. The van der Waals surface area contributed by atoms with Crippen molar-refractivity contribution in [2.45, 2.75) is 73.2 Å². The van der Waals surface area contributed by atoms with Gasteiger partial charge in [0.2, 0.25) is 17.7 Å². The zero-order valence-electron chi connectivity index (χ0n) is 25.6. The summed E-state index contributed by atoms with van der Waals surface area (Å²) in [5.74, 6) is 0.434. The first kappa shape index (κ1) is 34.5. The van der Waals surface area contributed by atoms with Gasteiger partial charge in [0.1, 0.15) is 6.61 Å². The molecule has 0 atom stereocenters. The van der Waals surface area contributed by atoms with E-state index in [1.54, 1.807) is 6.92 Å². The van der Waals surface area contributed by atoms with Crippen molar-refractivity contribution >= 4 is 11.7 Å². The van der Waals surface area contributed by atoms with Crippen molar-refractivity contribution in [2.24, 2.45) is 5.41 Å². The second-order valence-corrected chi connectivity index (χ2v) is 11.0. The molecule has 1 amide bonds. The number of rotatable bonds is 21. The molecule has 0 aliphatic carbocycles. The molecule has 2 rings (SSSR count). The average molecular weight is 578 g/mol. The molecule has 1 aromatic carbocycles. The van der Waals surface area contributed by atoms with Gasteiger partial charge in [0, 0.05) is 18.9 Å². The van der Waals surface area contributed by atoms with Gasteiger partial charge in [-0.25, -0.2) is 0 Å². The molecule has 1 heterocycles. The Bertz CT molecular complexity index is 1010. The SMILES string of the molecule is Cc1nnc(-c2ccc(CC(=O)CNC(=O)COCCOCC(COC(C)C)(COC(C)C)COC(C)C)cc2)o1. The predicted octanol–water partition coefficient (Wildman–Crippen LogP) is 3.57. The lowest BCUT2D eigenvalue weighted by atomic mass is 9.92. The summed E-state index contributed by atoms with van der Waals surface area (Å²) < 4.78 is 34.6. The van der Waals surface area contributed by atoms with E-state index in [0.29, 0.717) is 38.2 Å². The molecule has 0 fully saturated rings. The van der Waals surface area contributed by atoms with Crippen LogP contribution >= 0.6 is 0 Å².